The zero-order valence-electron chi connectivity index (χ0n) is 16.6. The third kappa shape index (κ3) is 4.89. The first kappa shape index (κ1) is 20.7. The van der Waals surface area contributed by atoms with Crippen LogP contribution in [-0.4, -0.2) is 46.6 Å². The number of hydrogen-bond acceptors (Lipinski definition) is 6. The molecule has 3 rings (SSSR count). The van der Waals surface area contributed by atoms with Gasteiger partial charge >= 0.3 is 5.97 Å². The largest absolute Gasteiger partial charge is 0.480 e. The quantitative estimate of drug-likeness (QED) is 0.589. The van der Waals surface area contributed by atoms with Crippen LogP contribution in [0.2, 0.25) is 0 Å². The number of nitrogens with one attached hydrogen (secondary N) is 1. The average Bonchev–Trinajstić information content (AvgIpc) is 3.14. The van der Waals surface area contributed by atoms with E-state index >= 15 is 0 Å². The number of carbonyl (C=O) groups excluding carboxylic acids is 1. The van der Waals surface area contributed by atoms with Gasteiger partial charge in [-0.3, -0.25) is 4.79 Å². The lowest BCUT2D eigenvalue weighted by Crippen LogP contribution is -2.45. The van der Waals surface area contributed by atoms with Gasteiger partial charge in [0.2, 0.25) is 5.91 Å². The van der Waals surface area contributed by atoms with Crippen molar-refractivity contribution in [2.75, 3.05) is 18.5 Å². The van der Waals surface area contributed by atoms with Gasteiger partial charge in [0.15, 0.2) is 0 Å². The normalized spacial score (nSPS) is 12.1. The highest BCUT2D eigenvalue weighted by Crippen LogP contribution is 2.35. The molecule has 2 aromatic heterocycles. The molecular weight excluding hydrogens is 388 g/mol. The number of benzene rings is 1. The number of thiophene rings is 1. The van der Waals surface area contributed by atoms with Gasteiger partial charge in [-0.1, -0.05) is 44.2 Å². The molecule has 0 fully saturated rings. The molecule has 2 heterocycles. The molecule has 152 valence electrons. The van der Waals surface area contributed by atoms with Crippen LogP contribution in [0.15, 0.2) is 42.7 Å². The van der Waals surface area contributed by atoms with E-state index in [4.69, 9.17) is 0 Å². The Bertz CT molecular complexity index is 1000. The minimum absolute atomic E-state index is 0.175. The van der Waals surface area contributed by atoms with Gasteiger partial charge in [0.25, 0.3) is 0 Å². The van der Waals surface area contributed by atoms with Crippen molar-refractivity contribution in [3.8, 4) is 10.4 Å². The second-order valence-electron chi connectivity index (χ2n) is 7.19. The van der Waals surface area contributed by atoms with Crippen LogP contribution < -0.4 is 10.2 Å². The van der Waals surface area contributed by atoms with Crippen molar-refractivity contribution < 1.29 is 14.7 Å². The van der Waals surface area contributed by atoms with Gasteiger partial charge in [0.05, 0.1) is 5.39 Å². The van der Waals surface area contributed by atoms with Gasteiger partial charge in [0.1, 0.15) is 23.0 Å². The van der Waals surface area contributed by atoms with Crippen LogP contribution in [0.5, 0.6) is 0 Å². The Morgan fingerprint density at radius 3 is 2.59 bits per heavy atom. The lowest BCUT2D eigenvalue weighted by atomic mass is 10.0. The van der Waals surface area contributed by atoms with E-state index in [0.29, 0.717) is 6.54 Å². The fourth-order valence-electron chi connectivity index (χ4n) is 3.03. The molecular formula is C21H24N4O3S. The van der Waals surface area contributed by atoms with E-state index in [1.807, 2.05) is 30.1 Å². The van der Waals surface area contributed by atoms with Gasteiger partial charge in [-0.2, -0.15) is 0 Å². The van der Waals surface area contributed by atoms with Crippen LogP contribution in [0, 0.1) is 5.92 Å². The number of fused-ring (bicyclic) bond motifs is 1. The first-order valence-electron chi connectivity index (χ1n) is 9.40. The number of nitrogens with zero attached hydrogens (tertiary/aromatic N) is 3. The Morgan fingerprint density at radius 2 is 1.93 bits per heavy atom. The van der Waals surface area contributed by atoms with E-state index in [1.54, 1.807) is 25.2 Å². The fraction of sp³-hybridized carbons (Fsp3) is 0.333. The summed E-state index contributed by atoms with van der Waals surface area (Å²) in [4.78, 5) is 36.2. The summed E-state index contributed by atoms with van der Waals surface area (Å²) < 4.78 is 0. The summed E-state index contributed by atoms with van der Waals surface area (Å²) in [6.07, 6.45) is 1.70. The van der Waals surface area contributed by atoms with Crippen LogP contribution in [0.4, 0.5) is 5.82 Å². The SMILES string of the molecule is CC(C)C(NC(=O)CCN(C)c1ncnc2sc(-c3ccccc3)cc12)C(=O)O. The molecule has 0 aliphatic rings. The average molecular weight is 413 g/mol. The number of aliphatic carboxylic acids is 1. The van der Waals surface area contributed by atoms with Crippen LogP contribution in [0.3, 0.4) is 0 Å². The molecule has 8 heteroatoms. The Balaban J connectivity index is 1.72. The smallest absolute Gasteiger partial charge is 0.326 e. The lowest BCUT2D eigenvalue weighted by Gasteiger charge is -2.21. The number of aromatic nitrogens is 2. The minimum atomic E-state index is -1.02. The van der Waals surface area contributed by atoms with Crippen LogP contribution >= 0.6 is 11.3 Å². The highest BCUT2D eigenvalue weighted by atomic mass is 32.1. The van der Waals surface area contributed by atoms with E-state index in [0.717, 1.165) is 26.5 Å². The molecule has 0 radical (unpaired) electrons. The molecule has 0 spiro atoms. The minimum Gasteiger partial charge on any atom is -0.480 e. The maximum absolute atomic E-state index is 12.2. The van der Waals surface area contributed by atoms with Crippen molar-refractivity contribution in [3.05, 3.63) is 42.7 Å². The van der Waals surface area contributed by atoms with Crippen LogP contribution in [-0.2, 0) is 9.59 Å². The number of rotatable bonds is 8. The van der Waals surface area contributed by atoms with Crippen molar-refractivity contribution in [1.29, 1.82) is 0 Å². The third-order valence-electron chi connectivity index (χ3n) is 4.65. The fourth-order valence-corrected chi connectivity index (χ4v) is 4.03. The molecule has 0 bridgehead atoms. The summed E-state index contributed by atoms with van der Waals surface area (Å²) in [6, 6.07) is 11.3. The Kier molecular flexibility index (Phi) is 6.43. The number of carbonyl (C=O) groups is 2. The summed E-state index contributed by atoms with van der Waals surface area (Å²) in [5, 5.41) is 12.7. The molecule has 2 N–H and O–H groups in total. The molecule has 0 saturated carbocycles. The number of anilines is 1. The number of hydrogen-bond donors (Lipinski definition) is 2. The first-order chi connectivity index (χ1) is 13.9. The third-order valence-corrected chi connectivity index (χ3v) is 5.74. The maximum atomic E-state index is 12.2. The molecule has 0 saturated heterocycles. The second kappa shape index (κ2) is 9.00. The standard InChI is InChI=1S/C21H24N4O3S/c1-13(2)18(21(27)28)24-17(26)9-10-25(3)19-15-11-16(14-7-5-4-6-8-14)29-20(15)23-12-22-19/h4-8,11-13,18H,9-10H2,1-3H3,(H,24,26)(H,27,28). The van der Waals surface area contributed by atoms with Crippen LogP contribution in [0.1, 0.15) is 20.3 Å². The molecule has 3 aromatic rings. The van der Waals surface area contributed by atoms with E-state index in [1.165, 1.54) is 6.33 Å². The molecule has 0 aliphatic heterocycles. The Morgan fingerprint density at radius 1 is 1.21 bits per heavy atom. The topological polar surface area (TPSA) is 95.4 Å². The van der Waals surface area contributed by atoms with Crippen molar-refractivity contribution in [3.63, 3.8) is 0 Å². The molecule has 7 nitrogen and oxygen atoms in total. The zero-order valence-corrected chi connectivity index (χ0v) is 17.4. The molecule has 1 unspecified atom stereocenters. The van der Waals surface area contributed by atoms with Gasteiger partial charge < -0.3 is 15.3 Å². The lowest BCUT2D eigenvalue weighted by molar-refractivity contribution is -0.143. The summed E-state index contributed by atoms with van der Waals surface area (Å²) >= 11 is 1.60. The van der Waals surface area contributed by atoms with Gasteiger partial charge in [-0.25, -0.2) is 14.8 Å². The van der Waals surface area contributed by atoms with Gasteiger partial charge in [-0.15, -0.1) is 11.3 Å². The second-order valence-corrected chi connectivity index (χ2v) is 8.22. The highest BCUT2D eigenvalue weighted by molar-refractivity contribution is 7.21. The Labute approximate surface area is 173 Å². The molecule has 29 heavy (non-hydrogen) atoms. The van der Waals surface area contributed by atoms with E-state index in [2.05, 4.69) is 33.5 Å². The maximum Gasteiger partial charge on any atom is 0.326 e. The van der Waals surface area contributed by atoms with E-state index in [9.17, 15) is 14.7 Å². The molecule has 1 atom stereocenters. The van der Waals surface area contributed by atoms with Crippen molar-refractivity contribution in [2.24, 2.45) is 5.92 Å². The van der Waals surface area contributed by atoms with Crippen molar-refractivity contribution in [2.45, 2.75) is 26.3 Å². The number of carboxylic acids is 1. The summed E-state index contributed by atoms with van der Waals surface area (Å²) in [7, 11) is 1.87. The van der Waals surface area contributed by atoms with Crippen molar-refractivity contribution in [1.82, 2.24) is 15.3 Å². The predicted octanol–water partition coefficient (Wildman–Crippen LogP) is 3.41. The van der Waals surface area contributed by atoms with Crippen molar-refractivity contribution >= 4 is 39.2 Å². The first-order valence-corrected chi connectivity index (χ1v) is 10.2. The Hall–Kier alpha value is -3.00. The van der Waals surface area contributed by atoms with Crippen LogP contribution in [0.25, 0.3) is 20.7 Å². The molecule has 0 aliphatic carbocycles. The predicted molar refractivity (Wildman–Crippen MR) is 115 cm³/mol. The zero-order chi connectivity index (χ0) is 21.0. The van der Waals surface area contributed by atoms with E-state index in [-0.39, 0.29) is 18.2 Å². The highest BCUT2D eigenvalue weighted by Gasteiger charge is 2.23. The number of carboxylic acid groups (broad SMARTS) is 1. The molecule has 1 amide bonds. The van der Waals surface area contributed by atoms with Gasteiger partial charge in [0, 0.05) is 24.9 Å². The summed E-state index contributed by atoms with van der Waals surface area (Å²) in [6.45, 7) is 3.95. The monoisotopic (exact) mass is 412 g/mol. The number of amides is 1. The summed E-state index contributed by atoms with van der Waals surface area (Å²) in [5.74, 6) is -0.748. The summed E-state index contributed by atoms with van der Waals surface area (Å²) in [5.41, 5.74) is 1.12. The van der Waals surface area contributed by atoms with Gasteiger partial charge in [-0.05, 0) is 17.5 Å². The van der Waals surface area contributed by atoms with E-state index < -0.39 is 12.0 Å². The molecule has 1 aromatic carbocycles.